The van der Waals surface area contributed by atoms with E-state index in [0.717, 1.165) is 37.0 Å². The normalized spacial score (nSPS) is 55.4. The molecule has 1 spiro atoms. The maximum atomic E-state index is 11.5. The third kappa shape index (κ3) is 2.86. The summed E-state index contributed by atoms with van der Waals surface area (Å²) in [4.78, 5) is 0. The average molecular weight is 419 g/mol. The van der Waals surface area contributed by atoms with E-state index in [2.05, 4.69) is 34.6 Å². The van der Waals surface area contributed by atoms with Crippen LogP contribution in [0.4, 0.5) is 0 Å². The fraction of sp³-hybridized carbons (Fsp3) is 1.00. The Morgan fingerprint density at radius 3 is 2.43 bits per heavy atom. The molecule has 11 atom stereocenters. The van der Waals surface area contributed by atoms with Crippen molar-refractivity contribution >= 4 is 0 Å². The van der Waals surface area contributed by atoms with Gasteiger partial charge in [0.25, 0.3) is 0 Å². The SMILES string of the molecule is CC(C)CCCC(C)C1CCC2C3C(O)C4OC45CC(O)CCC5(C)C3CCC12C. The number of aliphatic hydroxyl groups is 2. The third-order valence-corrected chi connectivity index (χ3v) is 11.3. The molecule has 3 heteroatoms. The van der Waals surface area contributed by atoms with Crippen LogP contribution in [0.5, 0.6) is 0 Å². The van der Waals surface area contributed by atoms with Crippen molar-refractivity contribution < 1.29 is 14.9 Å². The summed E-state index contributed by atoms with van der Waals surface area (Å²) in [5.74, 6) is 4.03. The monoisotopic (exact) mass is 418 g/mol. The molecule has 30 heavy (non-hydrogen) atoms. The van der Waals surface area contributed by atoms with Gasteiger partial charge in [0.1, 0.15) is 11.7 Å². The Labute approximate surface area is 184 Å². The molecule has 0 bridgehead atoms. The van der Waals surface area contributed by atoms with Crippen molar-refractivity contribution in [3.05, 3.63) is 0 Å². The zero-order valence-electron chi connectivity index (χ0n) is 20.1. The summed E-state index contributed by atoms with van der Waals surface area (Å²) >= 11 is 0. The van der Waals surface area contributed by atoms with E-state index in [0.29, 0.717) is 23.2 Å². The van der Waals surface area contributed by atoms with Gasteiger partial charge in [-0.05, 0) is 79.4 Å². The lowest BCUT2D eigenvalue weighted by Crippen LogP contribution is -2.63. The van der Waals surface area contributed by atoms with Gasteiger partial charge in [0.15, 0.2) is 0 Å². The summed E-state index contributed by atoms with van der Waals surface area (Å²) in [6.07, 6.45) is 11.4. The van der Waals surface area contributed by atoms with Crippen LogP contribution in [0.25, 0.3) is 0 Å². The summed E-state index contributed by atoms with van der Waals surface area (Å²) in [5, 5.41) is 21.9. The minimum Gasteiger partial charge on any atom is -0.393 e. The average Bonchev–Trinajstić information content (AvgIpc) is 3.29. The number of fused-ring (bicyclic) bond motifs is 4. The molecule has 5 rings (SSSR count). The van der Waals surface area contributed by atoms with Crippen LogP contribution in [0.3, 0.4) is 0 Å². The Morgan fingerprint density at radius 2 is 1.70 bits per heavy atom. The molecule has 5 aliphatic rings. The van der Waals surface area contributed by atoms with Crippen LogP contribution < -0.4 is 0 Å². The van der Waals surface area contributed by atoms with Crippen LogP contribution in [0.2, 0.25) is 0 Å². The topological polar surface area (TPSA) is 53.0 Å². The minimum atomic E-state index is -0.326. The number of ether oxygens (including phenoxy) is 1. The van der Waals surface area contributed by atoms with Crippen molar-refractivity contribution in [2.24, 2.45) is 46.3 Å². The number of epoxide rings is 1. The number of hydrogen-bond acceptors (Lipinski definition) is 3. The van der Waals surface area contributed by atoms with Gasteiger partial charge in [0.05, 0.1) is 12.2 Å². The fourth-order valence-electron chi connectivity index (χ4n) is 9.67. The van der Waals surface area contributed by atoms with Crippen molar-refractivity contribution in [3.63, 3.8) is 0 Å². The van der Waals surface area contributed by atoms with Crippen molar-refractivity contribution in [1.29, 1.82) is 0 Å². The Morgan fingerprint density at radius 1 is 0.933 bits per heavy atom. The van der Waals surface area contributed by atoms with E-state index in [9.17, 15) is 10.2 Å². The molecule has 172 valence electrons. The molecule has 1 saturated heterocycles. The van der Waals surface area contributed by atoms with E-state index < -0.39 is 0 Å². The highest BCUT2D eigenvalue weighted by atomic mass is 16.6. The second-order valence-electron chi connectivity index (χ2n) is 13.1. The van der Waals surface area contributed by atoms with Gasteiger partial charge in [-0.1, -0.05) is 53.9 Å². The molecule has 3 nitrogen and oxygen atoms in total. The Hall–Kier alpha value is -0.120. The van der Waals surface area contributed by atoms with Crippen LogP contribution in [0, 0.1) is 46.3 Å². The zero-order chi connectivity index (χ0) is 21.5. The summed E-state index contributed by atoms with van der Waals surface area (Å²) in [7, 11) is 0. The molecule has 5 fully saturated rings. The van der Waals surface area contributed by atoms with Crippen LogP contribution in [-0.2, 0) is 4.74 Å². The molecule has 1 heterocycles. The molecule has 1 aliphatic heterocycles. The summed E-state index contributed by atoms with van der Waals surface area (Å²) in [6, 6.07) is 0. The second-order valence-corrected chi connectivity index (χ2v) is 13.1. The first-order chi connectivity index (χ1) is 14.1. The molecule has 4 aliphatic carbocycles. The van der Waals surface area contributed by atoms with E-state index in [1.54, 1.807) is 0 Å². The predicted molar refractivity (Wildman–Crippen MR) is 120 cm³/mol. The van der Waals surface area contributed by atoms with Crippen LogP contribution in [0.1, 0.15) is 98.8 Å². The Bertz CT molecular complexity index is 662. The predicted octanol–water partition coefficient (Wildman–Crippen LogP) is 5.57. The Balaban J connectivity index is 1.37. The highest BCUT2D eigenvalue weighted by molar-refractivity contribution is 5.26. The van der Waals surface area contributed by atoms with Gasteiger partial charge in [0, 0.05) is 11.8 Å². The quantitative estimate of drug-likeness (QED) is 0.574. The first-order valence-electron chi connectivity index (χ1n) is 13.2. The lowest BCUT2D eigenvalue weighted by atomic mass is 9.43. The van der Waals surface area contributed by atoms with E-state index in [1.165, 1.54) is 44.9 Å². The zero-order valence-corrected chi connectivity index (χ0v) is 20.1. The largest absolute Gasteiger partial charge is 0.393 e. The summed E-state index contributed by atoms with van der Waals surface area (Å²) < 4.78 is 6.37. The summed E-state index contributed by atoms with van der Waals surface area (Å²) in [5.41, 5.74) is 0.295. The molecular weight excluding hydrogens is 372 g/mol. The molecule has 11 unspecified atom stereocenters. The Kier molecular flexibility index (Phi) is 5.20. The lowest BCUT2D eigenvalue weighted by Gasteiger charge is -2.60. The van der Waals surface area contributed by atoms with Crippen molar-refractivity contribution in [2.45, 2.75) is 123 Å². The highest BCUT2D eigenvalue weighted by Crippen LogP contribution is 2.74. The smallest absolute Gasteiger partial charge is 0.114 e. The van der Waals surface area contributed by atoms with E-state index >= 15 is 0 Å². The first kappa shape index (κ1) is 21.7. The molecule has 0 amide bonds. The van der Waals surface area contributed by atoms with E-state index in [1.807, 2.05) is 0 Å². The molecule has 0 radical (unpaired) electrons. The lowest BCUT2D eigenvalue weighted by molar-refractivity contribution is -0.151. The fourth-order valence-corrected chi connectivity index (χ4v) is 9.67. The molecule has 0 aromatic carbocycles. The van der Waals surface area contributed by atoms with Crippen molar-refractivity contribution in [3.8, 4) is 0 Å². The maximum absolute atomic E-state index is 11.5. The highest BCUT2D eigenvalue weighted by Gasteiger charge is 2.79. The van der Waals surface area contributed by atoms with Crippen molar-refractivity contribution in [1.82, 2.24) is 0 Å². The van der Waals surface area contributed by atoms with Crippen LogP contribution in [-0.4, -0.2) is 34.1 Å². The van der Waals surface area contributed by atoms with Crippen LogP contribution >= 0.6 is 0 Å². The molecular formula is C27H46O3. The molecule has 4 saturated carbocycles. The van der Waals surface area contributed by atoms with Gasteiger partial charge in [-0.3, -0.25) is 0 Å². The van der Waals surface area contributed by atoms with Gasteiger partial charge in [-0.2, -0.15) is 0 Å². The first-order valence-corrected chi connectivity index (χ1v) is 13.2. The molecule has 0 aromatic heterocycles. The maximum Gasteiger partial charge on any atom is 0.114 e. The number of hydrogen-bond donors (Lipinski definition) is 2. The number of rotatable bonds is 5. The minimum absolute atomic E-state index is 0.0245. The standard InChI is InChI=1S/C27H46O3/c1-16(2)7-6-8-17(3)19-9-10-20-22-21(12-13-25(19,20)4)26(5)14-11-18(28)15-27(26)24(30-27)23(22)29/h16-24,28-29H,6-15H2,1-5H3. The number of aliphatic hydroxyl groups excluding tert-OH is 2. The summed E-state index contributed by atoms with van der Waals surface area (Å²) in [6.45, 7) is 12.2. The van der Waals surface area contributed by atoms with Gasteiger partial charge in [0.2, 0.25) is 0 Å². The van der Waals surface area contributed by atoms with Gasteiger partial charge in [-0.25, -0.2) is 0 Å². The van der Waals surface area contributed by atoms with Crippen molar-refractivity contribution in [2.75, 3.05) is 0 Å². The van der Waals surface area contributed by atoms with E-state index in [4.69, 9.17) is 4.74 Å². The van der Waals surface area contributed by atoms with E-state index in [-0.39, 0.29) is 29.3 Å². The van der Waals surface area contributed by atoms with Crippen LogP contribution in [0.15, 0.2) is 0 Å². The third-order valence-electron chi connectivity index (χ3n) is 11.3. The molecule has 2 N–H and O–H groups in total. The van der Waals surface area contributed by atoms with Gasteiger partial charge >= 0.3 is 0 Å². The van der Waals surface area contributed by atoms with Gasteiger partial charge < -0.3 is 14.9 Å². The van der Waals surface area contributed by atoms with Gasteiger partial charge in [-0.15, -0.1) is 0 Å². The molecule has 0 aromatic rings. The second kappa shape index (κ2) is 7.19.